The zero-order valence-electron chi connectivity index (χ0n) is 59.1. The Bertz CT molecular complexity index is 5470. The third-order valence-corrected chi connectivity index (χ3v) is 22.5. The molecule has 496 valence electrons. The van der Waals surface area contributed by atoms with Crippen LogP contribution in [-0.4, -0.2) is 12.8 Å². The fourth-order valence-electron chi connectivity index (χ4n) is 17.4. The Morgan fingerprint density at radius 1 is 0.379 bits per heavy atom. The van der Waals surface area contributed by atoms with Crippen molar-refractivity contribution in [3.8, 4) is 44.5 Å². The van der Waals surface area contributed by atoms with Gasteiger partial charge in [-0.15, -0.1) is 0 Å². The molecular formula is C100H83BN2. The Kier molecular flexibility index (Phi) is 16.8. The van der Waals surface area contributed by atoms with Gasteiger partial charge in [0.25, 0.3) is 6.71 Å². The average molecular weight is 1320 g/mol. The van der Waals surface area contributed by atoms with Gasteiger partial charge < -0.3 is 9.80 Å². The summed E-state index contributed by atoms with van der Waals surface area (Å²) >= 11 is 0. The molecule has 0 amide bonds. The van der Waals surface area contributed by atoms with Gasteiger partial charge in [-0.25, -0.2) is 0 Å². The Balaban J connectivity index is 0.966. The second kappa shape index (κ2) is 27.1. The molecule has 5 aliphatic carbocycles. The van der Waals surface area contributed by atoms with Crippen molar-refractivity contribution in [2.24, 2.45) is 0 Å². The molecule has 2 heterocycles. The molecule has 0 saturated carbocycles. The van der Waals surface area contributed by atoms with E-state index in [2.05, 4.69) is 370 Å². The first-order valence-electron chi connectivity index (χ1n) is 37.4. The topological polar surface area (TPSA) is 6.48 Å². The number of nitrogens with zero attached hydrogens (tertiary/aromatic N) is 2. The van der Waals surface area contributed by atoms with Gasteiger partial charge >= 0.3 is 0 Å². The van der Waals surface area contributed by atoms with Crippen molar-refractivity contribution in [3.05, 3.63) is 396 Å². The molecule has 11 aromatic carbocycles. The van der Waals surface area contributed by atoms with Crippen LogP contribution in [0.15, 0.2) is 357 Å². The quantitative estimate of drug-likeness (QED) is 0.106. The highest BCUT2D eigenvalue weighted by Gasteiger charge is 2.48. The average Bonchev–Trinajstić information content (AvgIpc) is 0.688. The van der Waals surface area contributed by atoms with Crippen LogP contribution in [0.1, 0.15) is 117 Å². The highest BCUT2D eigenvalue weighted by atomic mass is 15.2. The van der Waals surface area contributed by atoms with Crippen molar-refractivity contribution in [1.82, 2.24) is 0 Å². The van der Waals surface area contributed by atoms with Crippen molar-refractivity contribution in [2.45, 2.75) is 89.5 Å². The summed E-state index contributed by atoms with van der Waals surface area (Å²) in [4.78, 5) is 5.66. The lowest BCUT2D eigenvalue weighted by Crippen LogP contribution is -2.63. The van der Waals surface area contributed by atoms with E-state index in [1.807, 2.05) is 0 Å². The number of rotatable bonds is 13. The molecule has 18 rings (SSSR count). The van der Waals surface area contributed by atoms with Crippen LogP contribution < -0.4 is 26.2 Å². The zero-order valence-corrected chi connectivity index (χ0v) is 59.1. The molecule has 2 aliphatic heterocycles. The lowest BCUT2D eigenvalue weighted by atomic mass is 9.33. The molecule has 2 unspecified atom stereocenters. The van der Waals surface area contributed by atoms with Crippen LogP contribution in [0.2, 0.25) is 0 Å². The first-order chi connectivity index (χ1) is 50.7. The van der Waals surface area contributed by atoms with Crippen molar-refractivity contribution >= 4 is 73.7 Å². The number of benzene rings is 11. The minimum absolute atomic E-state index is 0.0332. The minimum Gasteiger partial charge on any atom is -0.334 e. The smallest absolute Gasteiger partial charge is 0.252 e. The summed E-state index contributed by atoms with van der Waals surface area (Å²) < 4.78 is 0. The molecule has 0 radical (unpaired) electrons. The number of anilines is 4. The molecule has 2 nitrogen and oxygen atoms in total. The summed E-state index contributed by atoms with van der Waals surface area (Å²) in [6, 6.07) is 102. The monoisotopic (exact) mass is 1320 g/mol. The Hall–Kier alpha value is -11.5. The van der Waals surface area contributed by atoms with E-state index in [9.17, 15) is 0 Å². The molecule has 0 bridgehead atoms. The lowest BCUT2D eigenvalue weighted by molar-refractivity contribution is 0.590. The van der Waals surface area contributed by atoms with Gasteiger partial charge in [-0.05, 0) is 232 Å². The van der Waals surface area contributed by atoms with Gasteiger partial charge in [0, 0.05) is 28.7 Å². The molecule has 2 atom stereocenters. The fraction of sp³-hybridized carbons (Fsp3) is 0.140. The molecule has 0 aromatic heterocycles. The Morgan fingerprint density at radius 3 is 1.64 bits per heavy atom. The van der Waals surface area contributed by atoms with E-state index in [1.165, 1.54) is 167 Å². The molecule has 103 heavy (non-hydrogen) atoms. The van der Waals surface area contributed by atoms with Gasteiger partial charge in [-0.3, -0.25) is 0 Å². The van der Waals surface area contributed by atoms with Crippen molar-refractivity contribution in [1.29, 1.82) is 0 Å². The highest BCUT2D eigenvalue weighted by molar-refractivity contribution is 7.00. The molecule has 0 spiro atoms. The van der Waals surface area contributed by atoms with Crippen molar-refractivity contribution in [2.75, 3.05) is 9.80 Å². The second-order valence-electron chi connectivity index (χ2n) is 29.8. The number of fused-ring (bicyclic) bond motifs is 4. The lowest BCUT2D eigenvalue weighted by Gasteiger charge is -2.50. The van der Waals surface area contributed by atoms with Crippen LogP contribution in [0.3, 0.4) is 0 Å². The second-order valence-corrected chi connectivity index (χ2v) is 29.8. The highest BCUT2D eigenvalue weighted by Crippen LogP contribution is 2.53. The SMILES string of the molecule is CC(C)(C)c1ccc(-c2cc3c4c(c2)N(C2C(c5cccc(C6=CCCC=C6)c5)=CC=CC2c2cccc(C5=CC=CCC5)c2)c2ccc(-c5ccccc5)cc2B4c2cc(-c4ccccc4)ccc2N3C2=C(c3cccc(-c4ccccc4)c3)CCC=C2C2=CC(c3ccccc3)=CCC2)cc1. The van der Waals surface area contributed by atoms with Crippen LogP contribution in [0.25, 0.3) is 72.4 Å². The number of hydrogen-bond acceptors (Lipinski definition) is 2. The first-order valence-corrected chi connectivity index (χ1v) is 37.4. The summed E-state index contributed by atoms with van der Waals surface area (Å²) in [7, 11) is 0. The molecule has 0 saturated heterocycles. The maximum Gasteiger partial charge on any atom is 0.252 e. The Morgan fingerprint density at radius 2 is 0.951 bits per heavy atom. The number of allylic oxidation sites excluding steroid dienone is 16. The molecule has 11 aromatic rings. The maximum absolute atomic E-state index is 2.86. The van der Waals surface area contributed by atoms with Gasteiger partial charge in [0.1, 0.15) is 0 Å². The summed E-state index contributed by atoms with van der Waals surface area (Å²) in [5.41, 5.74) is 37.8. The van der Waals surface area contributed by atoms with Crippen LogP contribution in [0.5, 0.6) is 0 Å². The van der Waals surface area contributed by atoms with Crippen LogP contribution in [0.4, 0.5) is 22.7 Å². The van der Waals surface area contributed by atoms with E-state index >= 15 is 0 Å². The third-order valence-electron chi connectivity index (χ3n) is 22.5. The standard InChI is InChI=1S/C100H83BN2/c1-100(2,3)86-56-52-74(53-57-86)85-66-95-97-96(67-85)103(99-89(83-46-24-42-77(62-83)70-32-14-6-15-33-70)50-27-51-90(99)84-47-25-43-78(63-84)71-34-16-7-17-35-71)94-59-55-80(73-38-20-9-21-39-73)65-92(94)101(97)91-64-79(72-36-18-8-19-37-72)54-58-93(91)102(95)98-87(81-44-22-40-75(60-81)68-28-10-4-11-29-68)48-26-49-88(98)82-45-23-41-76(61-82)69-30-12-5-13-31-69/h4-6,8-14,16,18-22,24-25,27-32,34-44,46-47,49-67,89,99H,7,15,17,23,26,33,45,48H2,1-3H3. The van der Waals surface area contributed by atoms with Gasteiger partial charge in [0.15, 0.2) is 0 Å². The molecule has 0 fully saturated rings. The van der Waals surface area contributed by atoms with Gasteiger partial charge in [-0.2, -0.15) is 0 Å². The Labute approximate surface area is 609 Å². The predicted octanol–water partition coefficient (Wildman–Crippen LogP) is 24.3. The maximum atomic E-state index is 2.86. The van der Waals surface area contributed by atoms with E-state index in [-0.39, 0.29) is 24.1 Å². The zero-order chi connectivity index (χ0) is 69.0. The summed E-state index contributed by atoms with van der Waals surface area (Å²) in [6.07, 6.45) is 36.8. The normalized spacial score (nSPS) is 17.5. The van der Waals surface area contributed by atoms with Crippen molar-refractivity contribution in [3.63, 3.8) is 0 Å². The van der Waals surface area contributed by atoms with E-state index in [1.54, 1.807) is 0 Å². The molecule has 0 N–H and O–H groups in total. The van der Waals surface area contributed by atoms with Crippen LogP contribution >= 0.6 is 0 Å². The van der Waals surface area contributed by atoms with E-state index < -0.39 is 0 Å². The van der Waals surface area contributed by atoms with E-state index in [0.29, 0.717) is 0 Å². The van der Waals surface area contributed by atoms with Crippen LogP contribution in [0, 0.1) is 0 Å². The van der Waals surface area contributed by atoms with E-state index in [0.717, 1.165) is 51.4 Å². The van der Waals surface area contributed by atoms with Gasteiger partial charge in [0.2, 0.25) is 0 Å². The summed E-state index contributed by atoms with van der Waals surface area (Å²) in [6.45, 7) is 6.80. The third kappa shape index (κ3) is 12.0. The van der Waals surface area contributed by atoms with Gasteiger partial charge in [0.05, 0.1) is 11.7 Å². The molecular weight excluding hydrogens is 1240 g/mol. The fourth-order valence-corrected chi connectivity index (χ4v) is 17.4. The van der Waals surface area contributed by atoms with Gasteiger partial charge in [-0.1, -0.05) is 324 Å². The molecule has 7 aliphatic rings. The minimum atomic E-state index is -0.224. The first kappa shape index (κ1) is 63.6. The number of hydrogen-bond donors (Lipinski definition) is 0. The predicted molar refractivity (Wildman–Crippen MR) is 440 cm³/mol. The van der Waals surface area contributed by atoms with E-state index in [4.69, 9.17) is 0 Å². The largest absolute Gasteiger partial charge is 0.334 e. The van der Waals surface area contributed by atoms with Crippen molar-refractivity contribution < 1.29 is 0 Å². The van der Waals surface area contributed by atoms with Crippen LogP contribution in [-0.2, 0) is 5.41 Å². The summed E-state index contributed by atoms with van der Waals surface area (Å²) in [5, 5.41) is 0. The summed E-state index contributed by atoms with van der Waals surface area (Å²) in [5.74, 6) is -0.0819. The molecule has 3 heteroatoms.